The van der Waals surface area contributed by atoms with Crippen LogP contribution in [0.2, 0.25) is 0 Å². The van der Waals surface area contributed by atoms with Crippen molar-refractivity contribution in [2.24, 2.45) is 5.92 Å². The predicted octanol–water partition coefficient (Wildman–Crippen LogP) is 3.92. The molecule has 0 bridgehead atoms. The molecule has 2 amide bonds. The summed E-state index contributed by atoms with van der Waals surface area (Å²) >= 11 is 0. The van der Waals surface area contributed by atoms with Crippen molar-refractivity contribution in [3.05, 3.63) is 71.0 Å². The Labute approximate surface area is 183 Å². The monoisotopic (exact) mass is 421 g/mol. The van der Waals surface area contributed by atoms with E-state index in [0.717, 1.165) is 30.4 Å². The van der Waals surface area contributed by atoms with Gasteiger partial charge in [0.15, 0.2) is 0 Å². The second-order valence-corrected chi connectivity index (χ2v) is 8.05. The zero-order valence-corrected chi connectivity index (χ0v) is 17.9. The van der Waals surface area contributed by atoms with E-state index in [4.69, 9.17) is 5.26 Å². The SMILES string of the molecule is CCCN(Cc1ccc(C#N)cc1)C(=O)C1CCCN(C(=O)Cc2ccc(F)cc2)C1. The molecule has 3 rings (SSSR count). The first-order chi connectivity index (χ1) is 15.0. The maximum atomic E-state index is 13.3. The first kappa shape index (κ1) is 22.5. The number of likely N-dealkylation sites (tertiary alicyclic amines) is 1. The third-order valence-electron chi connectivity index (χ3n) is 5.65. The number of piperidine rings is 1. The second-order valence-electron chi connectivity index (χ2n) is 8.05. The summed E-state index contributed by atoms with van der Waals surface area (Å²) in [6.07, 6.45) is 2.63. The predicted molar refractivity (Wildman–Crippen MR) is 116 cm³/mol. The first-order valence-corrected chi connectivity index (χ1v) is 10.8. The van der Waals surface area contributed by atoms with E-state index in [0.29, 0.717) is 31.7 Å². The molecule has 1 atom stereocenters. The number of nitriles is 1. The van der Waals surface area contributed by atoms with Gasteiger partial charge in [-0.1, -0.05) is 31.2 Å². The lowest BCUT2D eigenvalue weighted by Gasteiger charge is -2.35. The summed E-state index contributed by atoms with van der Waals surface area (Å²) in [5, 5.41) is 8.96. The molecule has 0 saturated carbocycles. The normalized spacial score (nSPS) is 15.9. The Kier molecular flexibility index (Phi) is 7.77. The highest BCUT2D eigenvalue weighted by Gasteiger charge is 2.31. The molecule has 162 valence electrons. The fraction of sp³-hybridized carbons (Fsp3) is 0.400. The van der Waals surface area contributed by atoms with Gasteiger partial charge < -0.3 is 9.80 Å². The first-order valence-electron chi connectivity index (χ1n) is 10.8. The smallest absolute Gasteiger partial charge is 0.227 e. The molecule has 0 N–H and O–H groups in total. The van der Waals surface area contributed by atoms with Crippen LogP contribution in [-0.2, 0) is 22.6 Å². The van der Waals surface area contributed by atoms with Crippen LogP contribution < -0.4 is 0 Å². The molecule has 0 aromatic heterocycles. The molecule has 5 nitrogen and oxygen atoms in total. The van der Waals surface area contributed by atoms with Gasteiger partial charge in [-0.3, -0.25) is 9.59 Å². The van der Waals surface area contributed by atoms with E-state index in [1.165, 1.54) is 12.1 Å². The number of amides is 2. The minimum Gasteiger partial charge on any atom is -0.342 e. The van der Waals surface area contributed by atoms with Gasteiger partial charge in [0.25, 0.3) is 0 Å². The lowest BCUT2D eigenvalue weighted by molar-refractivity contribution is -0.141. The zero-order chi connectivity index (χ0) is 22.2. The molecule has 31 heavy (non-hydrogen) atoms. The van der Waals surface area contributed by atoms with Gasteiger partial charge in [0, 0.05) is 26.2 Å². The Bertz CT molecular complexity index is 935. The van der Waals surface area contributed by atoms with Crippen LogP contribution >= 0.6 is 0 Å². The molecule has 1 fully saturated rings. The maximum absolute atomic E-state index is 13.3. The Morgan fingerprint density at radius 3 is 2.45 bits per heavy atom. The number of halogens is 1. The third-order valence-corrected chi connectivity index (χ3v) is 5.65. The quantitative estimate of drug-likeness (QED) is 0.681. The minimum atomic E-state index is -0.321. The number of benzene rings is 2. The summed E-state index contributed by atoms with van der Waals surface area (Å²) in [6, 6.07) is 15.4. The summed E-state index contributed by atoms with van der Waals surface area (Å²) < 4.78 is 13.1. The highest BCUT2D eigenvalue weighted by atomic mass is 19.1. The third kappa shape index (κ3) is 6.14. The van der Waals surface area contributed by atoms with E-state index in [1.807, 2.05) is 24.0 Å². The van der Waals surface area contributed by atoms with Gasteiger partial charge in [0.1, 0.15) is 5.82 Å². The van der Waals surface area contributed by atoms with Gasteiger partial charge >= 0.3 is 0 Å². The number of hydrogen-bond donors (Lipinski definition) is 0. The van der Waals surface area contributed by atoms with E-state index in [2.05, 4.69) is 6.07 Å². The Balaban J connectivity index is 1.63. The van der Waals surface area contributed by atoms with Gasteiger partial charge in [-0.25, -0.2) is 4.39 Å². The summed E-state index contributed by atoms with van der Waals surface area (Å²) in [6.45, 7) is 4.26. The van der Waals surface area contributed by atoms with Gasteiger partial charge in [0.2, 0.25) is 11.8 Å². The van der Waals surface area contributed by atoms with Crippen molar-refractivity contribution in [1.29, 1.82) is 5.26 Å². The largest absolute Gasteiger partial charge is 0.342 e. The number of carbonyl (C=O) groups excluding carboxylic acids is 2. The molecule has 0 radical (unpaired) electrons. The minimum absolute atomic E-state index is 0.0294. The van der Waals surface area contributed by atoms with Crippen LogP contribution in [0, 0.1) is 23.1 Å². The van der Waals surface area contributed by atoms with Crippen LogP contribution in [0.4, 0.5) is 4.39 Å². The summed E-state index contributed by atoms with van der Waals surface area (Å²) in [5.41, 5.74) is 2.36. The molecule has 2 aromatic carbocycles. The average Bonchev–Trinajstić information content (AvgIpc) is 2.80. The van der Waals surface area contributed by atoms with Crippen molar-refractivity contribution in [2.75, 3.05) is 19.6 Å². The lowest BCUT2D eigenvalue weighted by Crippen LogP contribution is -2.47. The van der Waals surface area contributed by atoms with Crippen LogP contribution in [0.1, 0.15) is 42.9 Å². The fourth-order valence-corrected chi connectivity index (χ4v) is 3.99. The van der Waals surface area contributed by atoms with Gasteiger partial charge in [0.05, 0.1) is 24.0 Å². The maximum Gasteiger partial charge on any atom is 0.227 e. The Hall–Kier alpha value is -3.20. The average molecular weight is 422 g/mol. The van der Waals surface area contributed by atoms with Crippen LogP contribution in [0.5, 0.6) is 0 Å². The summed E-state index contributed by atoms with van der Waals surface area (Å²) in [4.78, 5) is 29.6. The van der Waals surface area contributed by atoms with E-state index in [1.54, 1.807) is 29.2 Å². The zero-order valence-electron chi connectivity index (χ0n) is 17.9. The second kappa shape index (κ2) is 10.7. The number of nitrogens with zero attached hydrogens (tertiary/aromatic N) is 3. The Morgan fingerprint density at radius 2 is 1.81 bits per heavy atom. The molecule has 2 aromatic rings. The molecule has 0 aliphatic carbocycles. The highest BCUT2D eigenvalue weighted by molar-refractivity contribution is 5.82. The van der Waals surface area contributed by atoms with Crippen LogP contribution in [0.25, 0.3) is 0 Å². The van der Waals surface area contributed by atoms with Crippen molar-refractivity contribution in [3.63, 3.8) is 0 Å². The van der Waals surface area contributed by atoms with Crippen LogP contribution in [0.15, 0.2) is 48.5 Å². The van der Waals surface area contributed by atoms with Crippen LogP contribution in [0.3, 0.4) is 0 Å². The number of hydrogen-bond acceptors (Lipinski definition) is 3. The van der Waals surface area contributed by atoms with E-state index in [-0.39, 0.29) is 30.0 Å². The molecule has 0 spiro atoms. The van der Waals surface area contributed by atoms with Crippen LogP contribution in [-0.4, -0.2) is 41.2 Å². The summed E-state index contributed by atoms with van der Waals surface area (Å²) in [5.74, 6) is -0.488. The van der Waals surface area contributed by atoms with E-state index < -0.39 is 0 Å². The Morgan fingerprint density at radius 1 is 1.13 bits per heavy atom. The summed E-state index contributed by atoms with van der Waals surface area (Å²) in [7, 11) is 0. The van der Waals surface area contributed by atoms with Gasteiger partial charge in [-0.15, -0.1) is 0 Å². The molecule has 1 unspecified atom stereocenters. The number of carbonyl (C=O) groups is 2. The number of rotatable bonds is 7. The van der Waals surface area contributed by atoms with Gasteiger partial charge in [-0.2, -0.15) is 5.26 Å². The molecule has 1 aliphatic rings. The van der Waals surface area contributed by atoms with Crippen molar-refractivity contribution in [2.45, 2.75) is 39.2 Å². The van der Waals surface area contributed by atoms with E-state index >= 15 is 0 Å². The van der Waals surface area contributed by atoms with Crippen molar-refractivity contribution >= 4 is 11.8 Å². The molecular weight excluding hydrogens is 393 g/mol. The molecule has 1 heterocycles. The fourth-order valence-electron chi connectivity index (χ4n) is 3.99. The highest BCUT2D eigenvalue weighted by Crippen LogP contribution is 2.21. The molecule has 6 heteroatoms. The standard InChI is InChI=1S/C25H28FN3O2/c1-2-13-29(17-21-7-5-20(16-27)6-8-21)25(31)22-4-3-14-28(18-22)24(30)15-19-9-11-23(26)12-10-19/h5-12,22H,2-4,13-15,17-18H2,1H3. The molecule has 1 aliphatic heterocycles. The topological polar surface area (TPSA) is 64.4 Å². The van der Waals surface area contributed by atoms with Crippen molar-refractivity contribution in [1.82, 2.24) is 9.80 Å². The molecule has 1 saturated heterocycles. The van der Waals surface area contributed by atoms with E-state index in [9.17, 15) is 14.0 Å². The van der Waals surface area contributed by atoms with Crippen molar-refractivity contribution < 1.29 is 14.0 Å². The molecular formula is C25H28FN3O2. The lowest BCUT2D eigenvalue weighted by atomic mass is 9.95. The van der Waals surface area contributed by atoms with Crippen molar-refractivity contribution in [3.8, 4) is 6.07 Å². The van der Waals surface area contributed by atoms with Gasteiger partial charge in [-0.05, 0) is 54.7 Å².